The van der Waals surface area contributed by atoms with Crippen LogP contribution in [0.3, 0.4) is 0 Å². The fourth-order valence-corrected chi connectivity index (χ4v) is 4.45. The Morgan fingerprint density at radius 3 is 2.65 bits per heavy atom. The number of hydrogen-bond donors (Lipinski definition) is 2. The molecule has 0 aliphatic carbocycles. The van der Waals surface area contributed by atoms with Crippen LogP contribution < -0.4 is 14.8 Å². The van der Waals surface area contributed by atoms with Crippen LogP contribution in [0.2, 0.25) is 0 Å². The van der Waals surface area contributed by atoms with Gasteiger partial charge in [-0.15, -0.1) is 11.3 Å². The van der Waals surface area contributed by atoms with Crippen LogP contribution >= 0.6 is 11.3 Å². The summed E-state index contributed by atoms with van der Waals surface area (Å²) in [6.45, 7) is 4.41. The van der Waals surface area contributed by atoms with Crippen molar-refractivity contribution in [3.8, 4) is 5.75 Å². The van der Waals surface area contributed by atoms with Gasteiger partial charge in [0.05, 0.1) is 6.54 Å². The molecule has 1 amide bonds. The first-order valence-corrected chi connectivity index (χ1v) is 10.7. The first-order chi connectivity index (χ1) is 12.4. The van der Waals surface area contributed by atoms with Gasteiger partial charge in [-0.1, -0.05) is 32.0 Å². The lowest BCUT2D eigenvalue weighted by molar-refractivity contribution is -0.123. The molecule has 0 spiro atoms. The number of carbonyl (C=O) groups excluding carboxylic acids is 1. The number of rotatable bonds is 9. The topological polar surface area (TPSA) is 84.5 Å². The summed E-state index contributed by atoms with van der Waals surface area (Å²) in [7, 11) is -2.08. The number of hydrogen-bond acceptors (Lipinski definition) is 5. The van der Waals surface area contributed by atoms with Gasteiger partial charge in [0.25, 0.3) is 5.91 Å². The molecular weight excluding hydrogens is 372 g/mol. The Morgan fingerprint density at radius 2 is 1.96 bits per heavy atom. The molecule has 1 unspecified atom stereocenters. The molecule has 1 aromatic heterocycles. The van der Waals surface area contributed by atoms with E-state index in [-0.39, 0.29) is 23.3 Å². The normalized spacial score (nSPS) is 12.6. The van der Waals surface area contributed by atoms with Crippen LogP contribution in [0, 0.1) is 0 Å². The van der Waals surface area contributed by atoms with Gasteiger partial charge in [-0.25, -0.2) is 13.1 Å². The molecule has 0 saturated carbocycles. The van der Waals surface area contributed by atoms with Crippen LogP contribution in [0.15, 0.2) is 40.6 Å². The van der Waals surface area contributed by atoms with E-state index < -0.39 is 10.0 Å². The Kier molecular flexibility index (Phi) is 7.19. The number of amides is 1. The van der Waals surface area contributed by atoms with Gasteiger partial charge in [-0.2, -0.15) is 0 Å². The molecule has 0 bridgehead atoms. The fourth-order valence-electron chi connectivity index (χ4n) is 2.32. The van der Waals surface area contributed by atoms with Crippen molar-refractivity contribution in [2.75, 3.05) is 13.7 Å². The van der Waals surface area contributed by atoms with E-state index in [9.17, 15) is 13.2 Å². The third kappa shape index (κ3) is 5.30. The molecule has 1 heterocycles. The molecule has 0 aliphatic rings. The second kappa shape index (κ2) is 9.16. The van der Waals surface area contributed by atoms with Crippen LogP contribution in [-0.4, -0.2) is 28.0 Å². The van der Waals surface area contributed by atoms with Crippen molar-refractivity contribution < 1.29 is 17.9 Å². The predicted molar refractivity (Wildman–Crippen MR) is 103 cm³/mol. The summed E-state index contributed by atoms with van der Waals surface area (Å²) in [5.41, 5.74) is 1.09. The minimum absolute atomic E-state index is 0.0828. The molecule has 1 aromatic carbocycles. The lowest BCUT2D eigenvalue weighted by Gasteiger charge is -2.15. The summed E-state index contributed by atoms with van der Waals surface area (Å²) >= 11 is 1.12. The molecule has 1 atom stereocenters. The molecule has 2 rings (SSSR count). The minimum atomic E-state index is -3.45. The van der Waals surface area contributed by atoms with Crippen molar-refractivity contribution in [2.24, 2.45) is 0 Å². The van der Waals surface area contributed by atoms with E-state index in [0.29, 0.717) is 5.92 Å². The molecular formula is C18H24N2O4S2. The number of thiophene rings is 1. The number of carbonyl (C=O) groups is 1. The zero-order valence-electron chi connectivity index (χ0n) is 15.1. The third-order valence-electron chi connectivity index (χ3n) is 4.05. The summed E-state index contributed by atoms with van der Waals surface area (Å²) in [6, 6.07) is 10.9. The zero-order valence-corrected chi connectivity index (χ0v) is 16.7. The van der Waals surface area contributed by atoms with Crippen molar-refractivity contribution >= 4 is 27.3 Å². The van der Waals surface area contributed by atoms with Gasteiger partial charge in [0, 0.05) is 4.88 Å². The molecule has 26 heavy (non-hydrogen) atoms. The van der Waals surface area contributed by atoms with Gasteiger partial charge < -0.3 is 10.1 Å². The standard InChI is InChI=1S/C18H24N2O4S2/c1-4-13(2)15-7-5-6-8-16(15)24-12-17(21)20-11-14-9-10-18(25-14)26(22,23)19-3/h5-10,13,19H,4,11-12H2,1-3H3,(H,20,21). The monoisotopic (exact) mass is 396 g/mol. The maximum Gasteiger partial charge on any atom is 0.258 e. The third-order valence-corrected chi connectivity index (χ3v) is 7.04. The van der Waals surface area contributed by atoms with E-state index in [1.165, 1.54) is 13.1 Å². The molecule has 0 aliphatic heterocycles. The minimum Gasteiger partial charge on any atom is -0.483 e. The first kappa shape index (κ1) is 20.4. The van der Waals surface area contributed by atoms with Crippen LogP contribution in [0.25, 0.3) is 0 Å². The van der Waals surface area contributed by atoms with Crippen LogP contribution in [0.4, 0.5) is 0 Å². The SMILES string of the molecule is CCC(C)c1ccccc1OCC(=O)NCc1ccc(S(=O)(=O)NC)s1. The fraction of sp³-hybridized carbons (Fsp3) is 0.389. The highest BCUT2D eigenvalue weighted by atomic mass is 32.2. The quantitative estimate of drug-likeness (QED) is 0.683. The molecule has 0 saturated heterocycles. The summed E-state index contributed by atoms with van der Waals surface area (Å²) < 4.78 is 31.6. The van der Waals surface area contributed by atoms with Gasteiger partial charge in [-0.3, -0.25) is 4.79 Å². The average Bonchev–Trinajstić information content (AvgIpc) is 3.14. The molecule has 6 nitrogen and oxygen atoms in total. The summed E-state index contributed by atoms with van der Waals surface area (Å²) in [5.74, 6) is 0.818. The molecule has 2 N–H and O–H groups in total. The molecule has 0 fully saturated rings. The highest BCUT2D eigenvalue weighted by Gasteiger charge is 2.15. The van der Waals surface area contributed by atoms with Gasteiger partial charge in [0.1, 0.15) is 9.96 Å². The smallest absolute Gasteiger partial charge is 0.258 e. The number of nitrogens with one attached hydrogen (secondary N) is 2. The number of benzene rings is 1. The van der Waals surface area contributed by atoms with Crippen molar-refractivity contribution in [2.45, 2.75) is 36.9 Å². The second-order valence-electron chi connectivity index (χ2n) is 5.84. The van der Waals surface area contributed by atoms with Crippen molar-refractivity contribution in [1.29, 1.82) is 0 Å². The predicted octanol–water partition coefficient (Wildman–Crippen LogP) is 2.86. The number of ether oxygens (including phenoxy) is 1. The Morgan fingerprint density at radius 1 is 1.23 bits per heavy atom. The summed E-state index contributed by atoms with van der Waals surface area (Å²) in [6.07, 6.45) is 0.989. The van der Waals surface area contributed by atoms with E-state index in [2.05, 4.69) is 23.9 Å². The molecule has 8 heteroatoms. The highest BCUT2D eigenvalue weighted by Crippen LogP contribution is 2.28. The Balaban J connectivity index is 1.89. The van der Waals surface area contributed by atoms with Crippen LogP contribution in [-0.2, 0) is 21.4 Å². The maximum atomic E-state index is 12.0. The van der Waals surface area contributed by atoms with Crippen LogP contribution in [0.5, 0.6) is 5.75 Å². The van der Waals surface area contributed by atoms with Crippen LogP contribution in [0.1, 0.15) is 36.6 Å². The lowest BCUT2D eigenvalue weighted by atomic mass is 9.98. The van der Waals surface area contributed by atoms with E-state index >= 15 is 0 Å². The van der Waals surface area contributed by atoms with Gasteiger partial charge in [-0.05, 0) is 43.1 Å². The Labute approximate surface area is 158 Å². The average molecular weight is 397 g/mol. The van der Waals surface area contributed by atoms with E-state index in [1.54, 1.807) is 6.07 Å². The second-order valence-corrected chi connectivity index (χ2v) is 9.12. The number of sulfonamides is 1. The lowest BCUT2D eigenvalue weighted by Crippen LogP contribution is -2.28. The molecule has 0 radical (unpaired) electrons. The van der Waals surface area contributed by atoms with E-state index in [0.717, 1.165) is 33.9 Å². The van der Waals surface area contributed by atoms with Gasteiger partial charge in [0.15, 0.2) is 6.61 Å². The first-order valence-electron chi connectivity index (χ1n) is 8.38. The summed E-state index contributed by atoms with van der Waals surface area (Å²) in [5, 5.41) is 2.75. The zero-order chi connectivity index (χ0) is 19.2. The Hall–Kier alpha value is -1.90. The van der Waals surface area contributed by atoms with Crippen molar-refractivity contribution in [3.05, 3.63) is 46.8 Å². The molecule has 142 valence electrons. The van der Waals surface area contributed by atoms with Gasteiger partial charge in [0.2, 0.25) is 10.0 Å². The summed E-state index contributed by atoms with van der Waals surface area (Å²) in [4.78, 5) is 12.8. The van der Waals surface area contributed by atoms with E-state index in [1.807, 2.05) is 24.3 Å². The molecule has 2 aromatic rings. The Bertz CT molecular complexity index is 846. The van der Waals surface area contributed by atoms with Crippen molar-refractivity contribution in [3.63, 3.8) is 0 Å². The highest BCUT2D eigenvalue weighted by molar-refractivity contribution is 7.91. The largest absolute Gasteiger partial charge is 0.483 e. The number of para-hydroxylation sites is 1. The van der Waals surface area contributed by atoms with Crippen molar-refractivity contribution in [1.82, 2.24) is 10.0 Å². The van der Waals surface area contributed by atoms with E-state index in [4.69, 9.17) is 4.74 Å². The van der Waals surface area contributed by atoms with Gasteiger partial charge >= 0.3 is 0 Å². The maximum absolute atomic E-state index is 12.0.